The van der Waals surface area contributed by atoms with E-state index in [-0.39, 0.29) is 5.78 Å². The summed E-state index contributed by atoms with van der Waals surface area (Å²) < 4.78 is 15.7. The number of carbonyl (C=O) groups is 2. The summed E-state index contributed by atoms with van der Waals surface area (Å²) in [5, 5.41) is 0.700. The molecule has 1 aromatic heterocycles. The Balaban J connectivity index is 1.72. The number of Topliss-reactive ketones (excluding diaryl/α,β-unsaturated/α-hetero) is 1. The van der Waals surface area contributed by atoms with Crippen molar-refractivity contribution in [1.82, 2.24) is 4.98 Å². The predicted molar refractivity (Wildman–Crippen MR) is 111 cm³/mol. The summed E-state index contributed by atoms with van der Waals surface area (Å²) >= 11 is 1.23. The van der Waals surface area contributed by atoms with E-state index in [1.807, 2.05) is 24.3 Å². The molecule has 0 saturated carbocycles. The standard InChI is InChI=1S/C22H21NO5S/c1-13-20(29-21(23-13)16-7-11-18(27-4)12-8-16)22(25)28-14(2)19(24)15-5-9-17(26-3)10-6-15/h5-12,14H,1-4H3/t14-/m0/s1. The lowest BCUT2D eigenvalue weighted by Gasteiger charge is -2.12. The van der Waals surface area contributed by atoms with Gasteiger partial charge >= 0.3 is 5.97 Å². The third-order valence-corrected chi connectivity index (χ3v) is 5.53. The molecule has 0 aliphatic rings. The second kappa shape index (κ2) is 8.87. The van der Waals surface area contributed by atoms with Crippen molar-refractivity contribution in [3.05, 3.63) is 64.7 Å². The van der Waals surface area contributed by atoms with Crippen LogP contribution in [0.5, 0.6) is 11.5 Å². The molecule has 0 amide bonds. The molecule has 1 heterocycles. The Morgan fingerprint density at radius 1 is 0.931 bits per heavy atom. The zero-order chi connectivity index (χ0) is 21.0. The molecule has 3 aromatic rings. The van der Waals surface area contributed by atoms with E-state index in [1.54, 1.807) is 52.3 Å². The molecule has 0 aliphatic heterocycles. The third kappa shape index (κ3) is 4.63. The van der Waals surface area contributed by atoms with Crippen molar-refractivity contribution >= 4 is 23.1 Å². The number of rotatable bonds is 7. The average molecular weight is 411 g/mol. The molecule has 0 spiro atoms. The van der Waals surface area contributed by atoms with Gasteiger partial charge in [-0.25, -0.2) is 9.78 Å². The SMILES string of the molecule is COc1ccc(C(=O)[C@H](C)OC(=O)c2sc(-c3ccc(OC)cc3)nc2C)cc1. The molecule has 1 atom stereocenters. The molecule has 0 radical (unpaired) electrons. The number of aryl methyl sites for hydroxylation is 1. The minimum absolute atomic E-state index is 0.279. The molecule has 0 unspecified atom stereocenters. The van der Waals surface area contributed by atoms with Gasteiger partial charge in [-0.15, -0.1) is 11.3 Å². The molecule has 0 fully saturated rings. The van der Waals surface area contributed by atoms with E-state index in [0.29, 0.717) is 26.9 Å². The molecule has 3 rings (SSSR count). The van der Waals surface area contributed by atoms with Crippen LogP contribution in [0.4, 0.5) is 0 Å². The van der Waals surface area contributed by atoms with Gasteiger partial charge in [0.05, 0.1) is 19.9 Å². The van der Waals surface area contributed by atoms with Crippen LogP contribution in [0.15, 0.2) is 48.5 Å². The van der Waals surface area contributed by atoms with Crippen molar-refractivity contribution in [1.29, 1.82) is 0 Å². The number of benzene rings is 2. The normalized spacial score (nSPS) is 11.6. The van der Waals surface area contributed by atoms with Gasteiger partial charge in [-0.2, -0.15) is 0 Å². The van der Waals surface area contributed by atoms with Gasteiger partial charge in [0.2, 0.25) is 5.78 Å². The van der Waals surface area contributed by atoms with E-state index in [1.165, 1.54) is 11.3 Å². The summed E-state index contributed by atoms with van der Waals surface area (Å²) in [5.41, 5.74) is 1.89. The van der Waals surface area contributed by atoms with E-state index in [0.717, 1.165) is 11.3 Å². The molecular weight excluding hydrogens is 390 g/mol. The Morgan fingerprint density at radius 2 is 1.48 bits per heavy atom. The summed E-state index contributed by atoms with van der Waals surface area (Å²) in [5.74, 6) is 0.553. The maximum absolute atomic E-state index is 12.6. The number of methoxy groups -OCH3 is 2. The summed E-state index contributed by atoms with van der Waals surface area (Å²) in [7, 11) is 3.16. The maximum atomic E-state index is 12.6. The van der Waals surface area contributed by atoms with Crippen LogP contribution in [-0.4, -0.2) is 37.1 Å². The van der Waals surface area contributed by atoms with Crippen LogP contribution in [0.3, 0.4) is 0 Å². The fourth-order valence-electron chi connectivity index (χ4n) is 2.70. The van der Waals surface area contributed by atoms with E-state index in [2.05, 4.69) is 4.98 Å². The van der Waals surface area contributed by atoms with Gasteiger partial charge in [-0.1, -0.05) is 0 Å². The average Bonchev–Trinajstić information content (AvgIpc) is 3.15. The van der Waals surface area contributed by atoms with Crippen molar-refractivity contribution < 1.29 is 23.8 Å². The molecule has 0 saturated heterocycles. The lowest BCUT2D eigenvalue weighted by Crippen LogP contribution is -2.24. The molecule has 0 N–H and O–H groups in total. The highest BCUT2D eigenvalue weighted by Crippen LogP contribution is 2.30. The Morgan fingerprint density at radius 3 is 2.03 bits per heavy atom. The van der Waals surface area contributed by atoms with Gasteiger partial charge < -0.3 is 14.2 Å². The van der Waals surface area contributed by atoms with Crippen LogP contribution in [0.25, 0.3) is 10.6 Å². The topological polar surface area (TPSA) is 74.7 Å². The van der Waals surface area contributed by atoms with Gasteiger partial charge in [0.25, 0.3) is 0 Å². The van der Waals surface area contributed by atoms with Gasteiger partial charge in [-0.3, -0.25) is 4.79 Å². The Hall–Kier alpha value is -3.19. The number of thiazole rings is 1. The first kappa shape index (κ1) is 20.5. The highest BCUT2D eigenvalue weighted by atomic mass is 32.1. The van der Waals surface area contributed by atoms with Crippen molar-refractivity contribution in [3.8, 4) is 22.1 Å². The number of carbonyl (C=O) groups excluding carboxylic acids is 2. The largest absolute Gasteiger partial charge is 0.497 e. The van der Waals surface area contributed by atoms with E-state index >= 15 is 0 Å². The molecule has 0 aliphatic carbocycles. The molecule has 29 heavy (non-hydrogen) atoms. The molecule has 6 nitrogen and oxygen atoms in total. The summed E-state index contributed by atoms with van der Waals surface area (Å²) in [6.45, 7) is 3.31. The first-order valence-corrected chi connectivity index (χ1v) is 9.75. The molecule has 0 bridgehead atoms. The number of ether oxygens (including phenoxy) is 3. The zero-order valence-electron chi connectivity index (χ0n) is 16.6. The van der Waals surface area contributed by atoms with Gasteiger partial charge in [0.15, 0.2) is 6.10 Å². The second-order valence-corrected chi connectivity index (χ2v) is 7.30. The highest BCUT2D eigenvalue weighted by molar-refractivity contribution is 7.17. The van der Waals surface area contributed by atoms with Crippen LogP contribution in [0, 0.1) is 6.92 Å². The molecular formula is C22H21NO5S. The first-order valence-electron chi connectivity index (χ1n) is 8.94. The lowest BCUT2D eigenvalue weighted by atomic mass is 10.1. The molecule has 7 heteroatoms. The van der Waals surface area contributed by atoms with Gasteiger partial charge in [0.1, 0.15) is 21.4 Å². The molecule has 150 valence electrons. The summed E-state index contributed by atoms with van der Waals surface area (Å²) in [6.07, 6.45) is -0.915. The second-order valence-electron chi connectivity index (χ2n) is 6.30. The fourth-order valence-corrected chi connectivity index (χ4v) is 3.66. The van der Waals surface area contributed by atoms with E-state index < -0.39 is 12.1 Å². The predicted octanol–water partition coefficient (Wildman–Crippen LogP) is 4.56. The Bertz CT molecular complexity index is 1010. The smallest absolute Gasteiger partial charge is 0.350 e. The summed E-state index contributed by atoms with van der Waals surface area (Å²) in [4.78, 5) is 30.0. The monoisotopic (exact) mass is 411 g/mol. The van der Waals surface area contributed by atoms with Crippen LogP contribution in [-0.2, 0) is 4.74 Å². The van der Waals surface area contributed by atoms with Crippen molar-refractivity contribution in [3.63, 3.8) is 0 Å². The van der Waals surface area contributed by atoms with E-state index in [4.69, 9.17) is 14.2 Å². The summed E-state index contributed by atoms with van der Waals surface area (Å²) in [6, 6.07) is 14.1. The van der Waals surface area contributed by atoms with Crippen LogP contribution in [0.1, 0.15) is 32.6 Å². The van der Waals surface area contributed by atoms with E-state index in [9.17, 15) is 9.59 Å². The zero-order valence-corrected chi connectivity index (χ0v) is 17.4. The van der Waals surface area contributed by atoms with Crippen molar-refractivity contribution in [2.45, 2.75) is 20.0 Å². The minimum Gasteiger partial charge on any atom is -0.497 e. The highest BCUT2D eigenvalue weighted by Gasteiger charge is 2.24. The Labute approximate surface area is 173 Å². The van der Waals surface area contributed by atoms with Crippen molar-refractivity contribution in [2.75, 3.05) is 14.2 Å². The minimum atomic E-state index is -0.915. The van der Waals surface area contributed by atoms with Gasteiger partial charge in [0, 0.05) is 11.1 Å². The van der Waals surface area contributed by atoms with Crippen molar-refractivity contribution in [2.24, 2.45) is 0 Å². The fraction of sp³-hybridized carbons (Fsp3) is 0.227. The number of hydrogen-bond donors (Lipinski definition) is 0. The van der Waals surface area contributed by atoms with Crippen LogP contribution in [0.2, 0.25) is 0 Å². The van der Waals surface area contributed by atoms with Crippen LogP contribution < -0.4 is 9.47 Å². The maximum Gasteiger partial charge on any atom is 0.350 e. The number of hydrogen-bond acceptors (Lipinski definition) is 7. The molecule has 2 aromatic carbocycles. The third-order valence-electron chi connectivity index (χ3n) is 4.35. The first-order chi connectivity index (χ1) is 13.9. The Kier molecular flexibility index (Phi) is 6.29. The van der Waals surface area contributed by atoms with Gasteiger partial charge in [-0.05, 0) is 62.4 Å². The number of esters is 1. The number of aromatic nitrogens is 1. The number of nitrogens with zero attached hydrogens (tertiary/aromatic N) is 1. The lowest BCUT2D eigenvalue weighted by molar-refractivity contribution is 0.0322. The van der Waals surface area contributed by atoms with Crippen LogP contribution >= 0.6 is 11.3 Å². The number of ketones is 1. The quantitative estimate of drug-likeness (QED) is 0.419.